The van der Waals surface area contributed by atoms with Gasteiger partial charge in [-0.15, -0.1) is 0 Å². The van der Waals surface area contributed by atoms with Gasteiger partial charge in [0, 0.05) is 26.2 Å². The number of fused-ring (bicyclic) bond motifs is 1. The predicted molar refractivity (Wildman–Crippen MR) is 60.9 cm³/mol. The van der Waals surface area contributed by atoms with Gasteiger partial charge in [-0.25, -0.2) is 9.37 Å². The third-order valence-corrected chi connectivity index (χ3v) is 3.70. The van der Waals surface area contributed by atoms with E-state index in [9.17, 15) is 4.39 Å². The number of halogens is 1. The Morgan fingerprint density at radius 2 is 1.88 bits per heavy atom. The van der Waals surface area contributed by atoms with Crippen LogP contribution in [-0.4, -0.2) is 43.1 Å². The molecule has 4 heteroatoms. The van der Waals surface area contributed by atoms with Gasteiger partial charge in [-0.05, 0) is 31.0 Å². The molecule has 2 atom stereocenters. The first-order valence-corrected chi connectivity index (χ1v) is 5.77. The van der Waals surface area contributed by atoms with Crippen LogP contribution < -0.4 is 4.90 Å². The number of nitrogens with zero attached hydrogens (tertiary/aromatic N) is 3. The minimum Gasteiger partial charge on any atom is -0.356 e. The number of hydrogen-bond donors (Lipinski definition) is 0. The van der Waals surface area contributed by atoms with Crippen LogP contribution in [0.4, 0.5) is 10.2 Å². The summed E-state index contributed by atoms with van der Waals surface area (Å²) < 4.78 is 12.8. The molecule has 2 aliphatic heterocycles. The van der Waals surface area contributed by atoms with Gasteiger partial charge in [-0.3, -0.25) is 0 Å². The van der Waals surface area contributed by atoms with E-state index in [1.807, 2.05) is 0 Å². The van der Waals surface area contributed by atoms with E-state index in [-0.39, 0.29) is 5.82 Å². The molecule has 2 aliphatic rings. The van der Waals surface area contributed by atoms with Crippen molar-refractivity contribution in [1.29, 1.82) is 0 Å². The first-order chi connectivity index (χ1) is 7.72. The molecule has 0 amide bonds. The minimum atomic E-state index is -0.261. The maximum absolute atomic E-state index is 12.8. The quantitative estimate of drug-likeness (QED) is 0.711. The second kappa shape index (κ2) is 3.70. The highest BCUT2D eigenvalue weighted by atomic mass is 19.1. The van der Waals surface area contributed by atoms with Gasteiger partial charge in [0.05, 0.1) is 6.20 Å². The molecule has 0 spiro atoms. The van der Waals surface area contributed by atoms with Gasteiger partial charge in [0.1, 0.15) is 11.6 Å². The Bertz CT molecular complexity index is 364. The summed E-state index contributed by atoms with van der Waals surface area (Å²) in [4.78, 5) is 8.82. The SMILES string of the molecule is CN1CC2CN(c3ccc(F)cn3)CC2C1. The Morgan fingerprint density at radius 1 is 1.19 bits per heavy atom. The highest BCUT2D eigenvalue weighted by Crippen LogP contribution is 2.32. The van der Waals surface area contributed by atoms with E-state index in [4.69, 9.17) is 0 Å². The average molecular weight is 221 g/mol. The van der Waals surface area contributed by atoms with Crippen LogP contribution in [0.1, 0.15) is 0 Å². The van der Waals surface area contributed by atoms with E-state index < -0.39 is 0 Å². The number of anilines is 1. The third kappa shape index (κ3) is 1.67. The first kappa shape index (κ1) is 10.0. The fourth-order valence-electron chi connectivity index (χ4n) is 2.97. The van der Waals surface area contributed by atoms with Gasteiger partial charge in [0.2, 0.25) is 0 Å². The van der Waals surface area contributed by atoms with Gasteiger partial charge >= 0.3 is 0 Å². The molecule has 3 rings (SSSR count). The van der Waals surface area contributed by atoms with Crippen molar-refractivity contribution in [2.45, 2.75) is 0 Å². The molecule has 3 heterocycles. The molecule has 2 unspecified atom stereocenters. The number of likely N-dealkylation sites (tertiary alicyclic amines) is 1. The predicted octanol–water partition coefficient (Wildman–Crippen LogP) is 1.22. The molecular weight excluding hydrogens is 205 g/mol. The third-order valence-electron chi connectivity index (χ3n) is 3.70. The molecular formula is C12H16FN3. The molecule has 0 radical (unpaired) electrons. The lowest BCUT2D eigenvalue weighted by Crippen LogP contribution is -2.27. The van der Waals surface area contributed by atoms with Gasteiger partial charge < -0.3 is 9.80 Å². The average Bonchev–Trinajstić information content (AvgIpc) is 2.75. The fourth-order valence-corrected chi connectivity index (χ4v) is 2.97. The molecule has 0 bridgehead atoms. The van der Waals surface area contributed by atoms with Gasteiger partial charge in [-0.1, -0.05) is 0 Å². The lowest BCUT2D eigenvalue weighted by molar-refractivity contribution is 0.387. The number of pyridine rings is 1. The summed E-state index contributed by atoms with van der Waals surface area (Å²) in [5.74, 6) is 2.18. The van der Waals surface area contributed by atoms with Crippen molar-refractivity contribution in [2.24, 2.45) is 11.8 Å². The summed E-state index contributed by atoms with van der Waals surface area (Å²) in [6.07, 6.45) is 1.30. The van der Waals surface area contributed by atoms with Crippen molar-refractivity contribution in [3.63, 3.8) is 0 Å². The van der Waals surface area contributed by atoms with Crippen LogP contribution in [0, 0.1) is 17.7 Å². The van der Waals surface area contributed by atoms with Gasteiger partial charge in [0.15, 0.2) is 0 Å². The largest absolute Gasteiger partial charge is 0.356 e. The Morgan fingerprint density at radius 3 is 2.44 bits per heavy atom. The fraction of sp³-hybridized carbons (Fsp3) is 0.583. The molecule has 1 aromatic heterocycles. The Labute approximate surface area is 94.9 Å². The van der Waals surface area contributed by atoms with E-state index in [0.717, 1.165) is 30.7 Å². The highest BCUT2D eigenvalue weighted by Gasteiger charge is 2.38. The Balaban J connectivity index is 1.73. The Hall–Kier alpha value is -1.16. The summed E-state index contributed by atoms with van der Waals surface area (Å²) in [5.41, 5.74) is 0. The van der Waals surface area contributed by atoms with Crippen molar-refractivity contribution >= 4 is 5.82 Å². The topological polar surface area (TPSA) is 19.4 Å². The summed E-state index contributed by atoms with van der Waals surface area (Å²) in [6.45, 7) is 4.49. The first-order valence-electron chi connectivity index (χ1n) is 5.77. The van der Waals surface area contributed by atoms with Crippen LogP contribution in [0.25, 0.3) is 0 Å². The van der Waals surface area contributed by atoms with E-state index in [1.165, 1.54) is 25.4 Å². The smallest absolute Gasteiger partial charge is 0.141 e. The molecule has 0 saturated carbocycles. The van der Waals surface area contributed by atoms with Gasteiger partial charge in [-0.2, -0.15) is 0 Å². The molecule has 86 valence electrons. The monoisotopic (exact) mass is 221 g/mol. The second-order valence-corrected chi connectivity index (χ2v) is 4.98. The highest BCUT2D eigenvalue weighted by molar-refractivity contribution is 5.40. The van der Waals surface area contributed by atoms with Crippen molar-refractivity contribution in [2.75, 3.05) is 38.1 Å². The van der Waals surface area contributed by atoms with Crippen molar-refractivity contribution < 1.29 is 4.39 Å². The van der Waals surface area contributed by atoms with Crippen LogP contribution >= 0.6 is 0 Å². The molecule has 16 heavy (non-hydrogen) atoms. The molecule has 0 aromatic carbocycles. The minimum absolute atomic E-state index is 0.261. The van der Waals surface area contributed by atoms with E-state index in [1.54, 1.807) is 6.07 Å². The zero-order valence-corrected chi connectivity index (χ0v) is 9.43. The normalized spacial score (nSPS) is 29.8. The van der Waals surface area contributed by atoms with Crippen molar-refractivity contribution in [3.8, 4) is 0 Å². The zero-order chi connectivity index (χ0) is 11.1. The maximum Gasteiger partial charge on any atom is 0.141 e. The van der Waals surface area contributed by atoms with Crippen LogP contribution in [-0.2, 0) is 0 Å². The summed E-state index contributed by atoms with van der Waals surface area (Å²) in [7, 11) is 2.18. The van der Waals surface area contributed by atoms with Crippen LogP contribution in [0.5, 0.6) is 0 Å². The van der Waals surface area contributed by atoms with E-state index >= 15 is 0 Å². The molecule has 0 aliphatic carbocycles. The van der Waals surface area contributed by atoms with Crippen molar-refractivity contribution in [1.82, 2.24) is 9.88 Å². The maximum atomic E-state index is 12.8. The number of aromatic nitrogens is 1. The van der Waals surface area contributed by atoms with Crippen molar-refractivity contribution in [3.05, 3.63) is 24.1 Å². The number of hydrogen-bond acceptors (Lipinski definition) is 3. The molecule has 1 aromatic rings. The lowest BCUT2D eigenvalue weighted by atomic mass is 10.0. The van der Waals surface area contributed by atoms with Gasteiger partial charge in [0.25, 0.3) is 0 Å². The van der Waals surface area contributed by atoms with Crippen LogP contribution in [0.15, 0.2) is 18.3 Å². The Kier molecular flexibility index (Phi) is 2.32. The zero-order valence-electron chi connectivity index (χ0n) is 9.43. The van der Waals surface area contributed by atoms with Crippen LogP contribution in [0.3, 0.4) is 0 Å². The summed E-state index contributed by atoms with van der Waals surface area (Å²) in [6, 6.07) is 3.27. The lowest BCUT2D eigenvalue weighted by Gasteiger charge is -2.19. The molecule has 3 nitrogen and oxygen atoms in total. The summed E-state index contributed by atoms with van der Waals surface area (Å²) >= 11 is 0. The standard InChI is InChI=1S/C12H16FN3/c1-15-5-9-7-16(8-10(9)6-15)12-3-2-11(13)4-14-12/h2-4,9-10H,5-8H2,1H3. The summed E-state index contributed by atoms with van der Waals surface area (Å²) in [5, 5.41) is 0. The number of rotatable bonds is 1. The van der Waals surface area contributed by atoms with E-state index in [2.05, 4.69) is 21.8 Å². The molecule has 2 fully saturated rings. The molecule has 2 saturated heterocycles. The molecule has 0 N–H and O–H groups in total. The van der Waals surface area contributed by atoms with Crippen LogP contribution in [0.2, 0.25) is 0 Å². The second-order valence-electron chi connectivity index (χ2n) is 4.98. The van der Waals surface area contributed by atoms with E-state index in [0.29, 0.717) is 0 Å².